The highest BCUT2D eigenvalue weighted by atomic mass is 19.1. The molecular formula is C84H112FN13O17. The van der Waals surface area contributed by atoms with Gasteiger partial charge in [-0.2, -0.15) is 0 Å². The summed E-state index contributed by atoms with van der Waals surface area (Å²) in [6.07, 6.45) is 1.05. The maximum absolute atomic E-state index is 16.3. The standard InChI is InChI=1S/C84H112FN13O17/c1-53-77(105)92-67(49-88-71(101)30-39-114-41-40-113-38-13-33-94(4)5)78(106)90-65-44-58-14-11-15-59(42-58)48-87-73(103)52-115-70-29-37-97-76(70)80(108)93-75(54(2)99)79(107)91-66(43-56-20-23-63(112-6)24-21-56)82(110)98-36-12-31-84(98,3)83(111)86-32-28-55-16-18-57(19-17-55)50-96(74(104)27-26-72(102)89-53)35-10-8-7-9-34-95-51-61(45-60(81(97)109)46-69(65)100)64-47-62(85)22-25-68(64)95/h11,14-25,42,47,51,53-54,60,65-67,70,75-76,99H,7-10,12-13,26-41,43-46,48-50,52H2,1-6H3,(H,86,111)(H,87,103)(H,88,101)(H,89,102)(H,90,106)(H,91,107)(H,92,105)(H,93,108)/t53-,54+,60+,65-,66-,67+,70-,75-,76-,84-/m0/s1. The molecule has 0 radical (unpaired) electrons. The number of rotatable bonds is 16. The van der Waals surface area contributed by atoms with Gasteiger partial charge in [0.1, 0.15) is 53.9 Å². The van der Waals surface area contributed by atoms with Crippen LogP contribution in [-0.2, 0) is 117 Å². The van der Waals surface area contributed by atoms with E-state index in [4.69, 9.17) is 18.9 Å². The van der Waals surface area contributed by atoms with E-state index in [-0.39, 0.29) is 110 Å². The number of benzene rings is 4. The Morgan fingerprint density at radius 1 is 0.704 bits per heavy atom. The average molecular weight is 1590 g/mol. The van der Waals surface area contributed by atoms with Crippen LogP contribution in [0.3, 0.4) is 0 Å². The second-order valence-corrected chi connectivity index (χ2v) is 31.1. The topological polar surface area (TPSA) is 376 Å². The summed E-state index contributed by atoms with van der Waals surface area (Å²) < 4.78 is 40.9. The summed E-state index contributed by atoms with van der Waals surface area (Å²) in [5.74, 6) is -10.3. The van der Waals surface area contributed by atoms with Crippen molar-refractivity contribution in [3.63, 3.8) is 0 Å². The fourth-order valence-electron chi connectivity index (χ4n) is 15.5. The monoisotopic (exact) mass is 1590 g/mol. The van der Waals surface area contributed by atoms with Crippen LogP contribution in [0.2, 0.25) is 0 Å². The van der Waals surface area contributed by atoms with E-state index in [1.807, 2.05) is 47.8 Å². The second-order valence-electron chi connectivity index (χ2n) is 31.1. The molecule has 5 aromatic rings. The zero-order valence-electron chi connectivity index (χ0n) is 66.7. The molecule has 4 aromatic carbocycles. The van der Waals surface area contributed by atoms with Gasteiger partial charge in [0.05, 0.1) is 45.2 Å². The van der Waals surface area contributed by atoms with Gasteiger partial charge < -0.3 is 90.8 Å². The fraction of sp³-hybridized carbons (Fsp3) is 0.548. The van der Waals surface area contributed by atoms with Crippen LogP contribution >= 0.6 is 0 Å². The van der Waals surface area contributed by atoms with Crippen LogP contribution in [-0.4, -0.2) is 248 Å². The highest BCUT2D eigenvalue weighted by Gasteiger charge is 2.50. The molecule has 1 aromatic heterocycles. The molecule has 2 saturated heterocycles. The average Bonchev–Trinajstić information content (AvgIpc) is 1.66. The van der Waals surface area contributed by atoms with Crippen LogP contribution in [0.1, 0.15) is 131 Å². The van der Waals surface area contributed by atoms with Gasteiger partial charge in [-0.15, -0.1) is 0 Å². The van der Waals surface area contributed by atoms with Crippen LogP contribution < -0.4 is 47.3 Å². The van der Waals surface area contributed by atoms with Crippen molar-refractivity contribution in [2.45, 2.75) is 197 Å². The molecule has 12 bridgehead atoms. The number of amides is 11. The summed E-state index contributed by atoms with van der Waals surface area (Å²) in [5, 5.41) is 34.3. The SMILES string of the molecule is COc1ccc(C[C@@H]2NC(=O)[C@H]([C@@H](C)O)NC(=O)[C@@H]3[C@@H]4CCN3C(=O)[C@H]3CC(=O)[C@H](Cc5cccc(c5)CNC(=O)CO4)NC(=O)[C@@H](CNC(=O)CCOCCOCCCN(C)C)NC(=O)[C@H](C)NC(=O)CCC(=O)N(CCCCCCn4cc(c5cc(F)ccc54)C3)Cc3ccc(cc3)CCNC(=O)[C@]3(C)CCCN3C2=O)cc1. The minimum Gasteiger partial charge on any atom is -0.497 e. The van der Waals surface area contributed by atoms with Gasteiger partial charge >= 0.3 is 0 Å². The zero-order valence-corrected chi connectivity index (χ0v) is 66.7. The molecule has 7 heterocycles. The highest BCUT2D eigenvalue weighted by molar-refractivity contribution is 6.00. The fourth-order valence-corrected chi connectivity index (χ4v) is 15.5. The lowest BCUT2D eigenvalue weighted by molar-refractivity contribution is -0.148. The first kappa shape index (κ1) is 87.2. The van der Waals surface area contributed by atoms with Gasteiger partial charge in [0.15, 0.2) is 5.78 Å². The number of hydrogen-bond acceptors (Lipinski definition) is 18. The van der Waals surface area contributed by atoms with Gasteiger partial charge in [0.2, 0.25) is 65.0 Å². The number of ether oxygens (including phenoxy) is 4. The van der Waals surface area contributed by atoms with E-state index in [1.165, 1.54) is 42.9 Å². The van der Waals surface area contributed by atoms with Crippen molar-refractivity contribution in [2.24, 2.45) is 5.92 Å². The Kier molecular flexibility index (Phi) is 31.8. The van der Waals surface area contributed by atoms with Crippen molar-refractivity contribution in [2.75, 3.05) is 93.5 Å². The Balaban J connectivity index is 1.06. The lowest BCUT2D eigenvalue weighted by Gasteiger charge is -2.37. The van der Waals surface area contributed by atoms with Crippen molar-refractivity contribution in [3.8, 4) is 5.75 Å². The zero-order chi connectivity index (χ0) is 82.3. The van der Waals surface area contributed by atoms with Gasteiger partial charge in [-0.25, -0.2) is 4.39 Å². The Morgan fingerprint density at radius 2 is 1.43 bits per heavy atom. The first-order chi connectivity index (χ1) is 55.2. The van der Waals surface area contributed by atoms with Crippen LogP contribution in [0.15, 0.2) is 97.2 Å². The third-order valence-corrected chi connectivity index (χ3v) is 22.0. The summed E-state index contributed by atoms with van der Waals surface area (Å²) in [5.41, 5.74) is 2.85. The molecule has 11 amide bonds. The number of aliphatic hydroxyl groups is 1. The van der Waals surface area contributed by atoms with Gasteiger partial charge in [-0.3, -0.25) is 57.5 Å². The van der Waals surface area contributed by atoms with Gasteiger partial charge in [0, 0.05) is 114 Å². The first-order valence-electron chi connectivity index (χ1n) is 40.1. The van der Waals surface area contributed by atoms with Crippen LogP contribution in [0.4, 0.5) is 4.39 Å². The maximum atomic E-state index is 16.3. The Bertz CT molecular complexity index is 4250. The summed E-state index contributed by atoms with van der Waals surface area (Å²) >= 11 is 0. The van der Waals surface area contributed by atoms with Crippen molar-refractivity contribution in [1.82, 2.24) is 66.7 Å². The normalized spacial score (nSPS) is 24.5. The number of hydrogen-bond donors (Lipinski definition) is 9. The number of aromatic nitrogens is 1. The number of carbonyl (C=O) groups excluding carboxylic acids is 12. The first-order valence-corrected chi connectivity index (χ1v) is 40.1. The Morgan fingerprint density at radius 3 is 2.18 bits per heavy atom. The molecule has 0 saturated carbocycles. The van der Waals surface area contributed by atoms with Crippen molar-refractivity contribution in [3.05, 3.63) is 136 Å². The molecule has 0 unspecified atom stereocenters. The number of aryl methyl sites for hydroxylation is 1. The third-order valence-electron chi connectivity index (χ3n) is 22.0. The lowest BCUT2D eigenvalue weighted by atomic mass is 9.88. The number of ketones is 1. The molecule has 10 atom stereocenters. The molecule has 622 valence electrons. The molecule has 2 fully saturated rings. The van der Waals surface area contributed by atoms with E-state index in [1.54, 1.807) is 72.6 Å². The molecule has 31 heteroatoms. The second kappa shape index (κ2) is 41.9. The molecule has 9 N–H and O–H groups in total. The van der Waals surface area contributed by atoms with E-state index in [0.717, 1.165) is 24.1 Å². The summed E-state index contributed by atoms with van der Waals surface area (Å²) in [4.78, 5) is 185. The van der Waals surface area contributed by atoms with E-state index >= 15 is 33.2 Å². The number of halogens is 1. The number of aliphatic hydroxyl groups excluding tert-OH is 1. The number of methoxy groups -OCH3 is 1. The van der Waals surface area contributed by atoms with E-state index < -0.39 is 150 Å². The van der Waals surface area contributed by atoms with Crippen LogP contribution in [0.5, 0.6) is 5.75 Å². The van der Waals surface area contributed by atoms with E-state index in [0.29, 0.717) is 97.1 Å². The number of carbonyl (C=O) groups is 12. The number of fused-ring (bicyclic) bond motifs is 16. The molecule has 115 heavy (non-hydrogen) atoms. The molecule has 6 aliphatic heterocycles. The van der Waals surface area contributed by atoms with E-state index in [2.05, 4.69) is 42.5 Å². The molecular weight excluding hydrogens is 1480 g/mol. The van der Waals surface area contributed by atoms with Gasteiger partial charge in [-0.1, -0.05) is 73.5 Å². The molecule has 6 aliphatic rings. The summed E-state index contributed by atoms with van der Waals surface area (Å²) in [6.45, 7) is 5.78. The van der Waals surface area contributed by atoms with Crippen molar-refractivity contribution in [1.29, 1.82) is 0 Å². The molecule has 0 spiro atoms. The van der Waals surface area contributed by atoms with Crippen LogP contribution in [0, 0.1) is 11.7 Å². The van der Waals surface area contributed by atoms with E-state index in [9.17, 15) is 33.9 Å². The number of nitrogens with one attached hydrogen (secondary N) is 8. The summed E-state index contributed by atoms with van der Waals surface area (Å²) in [6, 6.07) is 15.9. The minimum absolute atomic E-state index is 0.0326. The minimum atomic E-state index is -1.85. The maximum Gasteiger partial charge on any atom is 0.246 e. The number of Topliss-reactive ketones (excluding diaryl/α,β-unsaturated/α-hetero) is 1. The number of nitrogens with zero attached hydrogens (tertiary/aromatic N) is 5. The Hall–Kier alpha value is -10.2. The third kappa shape index (κ3) is 24.4. The molecule has 0 aliphatic carbocycles. The van der Waals surface area contributed by atoms with Gasteiger partial charge in [-0.05, 0) is 163 Å². The largest absolute Gasteiger partial charge is 0.497 e. The predicted molar refractivity (Wildman–Crippen MR) is 422 cm³/mol. The van der Waals surface area contributed by atoms with Crippen molar-refractivity contribution >= 4 is 81.7 Å². The van der Waals surface area contributed by atoms with Crippen molar-refractivity contribution < 1.29 is 86.0 Å². The summed E-state index contributed by atoms with van der Waals surface area (Å²) in [7, 11) is 5.42. The quantitative estimate of drug-likeness (QED) is 0.0641. The highest BCUT2D eigenvalue weighted by Crippen LogP contribution is 2.34. The predicted octanol–water partition coefficient (Wildman–Crippen LogP) is 2.76. The van der Waals surface area contributed by atoms with Crippen LogP contribution in [0.25, 0.3) is 10.9 Å². The molecule has 30 nitrogen and oxygen atoms in total. The smallest absolute Gasteiger partial charge is 0.246 e. The lowest BCUT2D eigenvalue weighted by Crippen LogP contribution is -2.63. The van der Waals surface area contributed by atoms with Gasteiger partial charge in [0.25, 0.3) is 0 Å². The molecule has 11 rings (SSSR count). The Labute approximate surface area is 670 Å².